The molecule has 0 spiro atoms. The van der Waals surface area contributed by atoms with Crippen LogP contribution in [0.5, 0.6) is 0 Å². The highest BCUT2D eigenvalue weighted by Gasteiger charge is 2.34. The summed E-state index contributed by atoms with van der Waals surface area (Å²) >= 11 is 0. The molecule has 40 heavy (non-hydrogen) atoms. The lowest BCUT2D eigenvalue weighted by Crippen LogP contribution is -2.45. The van der Waals surface area contributed by atoms with Crippen LogP contribution >= 0.6 is 0 Å². The van der Waals surface area contributed by atoms with Gasteiger partial charge in [-0.3, -0.25) is 10.2 Å². The first-order chi connectivity index (χ1) is 19.1. The third-order valence-electron chi connectivity index (χ3n) is 6.37. The van der Waals surface area contributed by atoms with Crippen LogP contribution in [0.15, 0.2) is 48.8 Å². The first kappa shape index (κ1) is 28.4. The van der Waals surface area contributed by atoms with E-state index < -0.39 is 17.8 Å². The minimum absolute atomic E-state index is 0.00414. The number of benzene rings is 1. The Labute approximate surface area is 229 Å². The number of nitrogens with two attached hydrogens (primary N) is 1. The van der Waals surface area contributed by atoms with Gasteiger partial charge in [0, 0.05) is 61.9 Å². The Morgan fingerprint density at radius 1 is 1.02 bits per heavy atom. The number of halogens is 3. The zero-order chi connectivity index (χ0) is 28.7. The molecule has 1 saturated heterocycles. The predicted molar refractivity (Wildman–Crippen MR) is 145 cm³/mol. The lowest BCUT2D eigenvalue weighted by molar-refractivity contribution is -0.138. The van der Waals surface area contributed by atoms with Crippen molar-refractivity contribution in [3.05, 3.63) is 76.6 Å². The molecule has 2 amide bonds. The van der Waals surface area contributed by atoms with Gasteiger partial charge in [-0.05, 0) is 42.4 Å². The Kier molecular flexibility index (Phi) is 8.84. The van der Waals surface area contributed by atoms with E-state index in [1.165, 1.54) is 36.7 Å². The first-order valence-electron chi connectivity index (χ1n) is 12.5. The van der Waals surface area contributed by atoms with Crippen molar-refractivity contribution in [1.29, 1.82) is 5.26 Å². The van der Waals surface area contributed by atoms with Crippen LogP contribution in [-0.2, 0) is 12.7 Å². The molecular formula is C28H27F3N8O. The Morgan fingerprint density at radius 3 is 2.45 bits per heavy atom. The maximum absolute atomic E-state index is 13.9. The molecule has 2 aromatic heterocycles. The molecule has 1 fully saturated rings. The van der Waals surface area contributed by atoms with Crippen molar-refractivity contribution < 1.29 is 18.0 Å². The van der Waals surface area contributed by atoms with E-state index in [4.69, 9.17) is 11.0 Å². The lowest BCUT2D eigenvalue weighted by atomic mass is 10.0. The monoisotopic (exact) mass is 548 g/mol. The van der Waals surface area contributed by atoms with Gasteiger partial charge in [-0.2, -0.15) is 18.4 Å². The van der Waals surface area contributed by atoms with Crippen LogP contribution in [0.4, 0.5) is 35.3 Å². The number of hydrogen-bond donors (Lipinski definition) is 3. The second kappa shape index (κ2) is 12.5. The number of alkyl halides is 3. The SMILES string of the molecule is CCN1CCN(Cc2ccc(NC(=O)Nc3cc(C#Cc4cnc(N)c(C#N)c4)ccn3)cc2C(F)(F)F)CC1. The number of piperazine rings is 1. The van der Waals surface area contributed by atoms with E-state index in [-0.39, 0.29) is 35.0 Å². The summed E-state index contributed by atoms with van der Waals surface area (Å²) in [7, 11) is 0. The number of rotatable bonds is 5. The number of pyridine rings is 2. The fourth-order valence-corrected chi connectivity index (χ4v) is 4.19. The molecule has 9 nitrogen and oxygen atoms in total. The van der Waals surface area contributed by atoms with Crippen LogP contribution in [-0.4, -0.2) is 58.5 Å². The minimum atomic E-state index is -4.57. The summed E-state index contributed by atoms with van der Waals surface area (Å²) in [6.45, 7) is 6.19. The highest BCUT2D eigenvalue weighted by atomic mass is 19.4. The molecule has 0 atom stereocenters. The largest absolute Gasteiger partial charge is 0.416 e. The van der Waals surface area contributed by atoms with Crippen molar-refractivity contribution in [1.82, 2.24) is 19.8 Å². The molecule has 0 aliphatic carbocycles. The maximum atomic E-state index is 13.9. The molecule has 0 unspecified atom stereocenters. The fraction of sp³-hybridized carbons (Fsp3) is 0.286. The van der Waals surface area contributed by atoms with Gasteiger partial charge in [-0.25, -0.2) is 14.8 Å². The molecule has 4 N–H and O–H groups in total. The summed E-state index contributed by atoms with van der Waals surface area (Å²) in [5.41, 5.74) is 6.18. The first-order valence-corrected chi connectivity index (χ1v) is 12.5. The van der Waals surface area contributed by atoms with Gasteiger partial charge in [0.15, 0.2) is 0 Å². The van der Waals surface area contributed by atoms with Crippen molar-refractivity contribution in [2.24, 2.45) is 0 Å². The quantitative estimate of drug-likeness (QED) is 0.410. The van der Waals surface area contributed by atoms with Gasteiger partial charge in [-0.15, -0.1) is 0 Å². The zero-order valence-electron chi connectivity index (χ0n) is 21.7. The predicted octanol–water partition coefficient (Wildman–Crippen LogP) is 4.13. The van der Waals surface area contributed by atoms with E-state index in [0.717, 1.165) is 25.7 Å². The molecule has 206 valence electrons. The average molecular weight is 549 g/mol. The molecule has 0 bridgehead atoms. The molecule has 3 heterocycles. The number of nitrogens with zero attached hydrogens (tertiary/aromatic N) is 5. The summed E-state index contributed by atoms with van der Waals surface area (Å²) in [5, 5.41) is 14.0. The zero-order valence-corrected chi connectivity index (χ0v) is 21.7. The van der Waals surface area contributed by atoms with E-state index in [2.05, 4.69) is 44.3 Å². The number of carbonyl (C=O) groups excluding carboxylic acids is 1. The summed E-state index contributed by atoms with van der Waals surface area (Å²) in [5.74, 6) is 5.99. The van der Waals surface area contributed by atoms with Gasteiger partial charge < -0.3 is 16.0 Å². The Bertz CT molecular complexity index is 1480. The lowest BCUT2D eigenvalue weighted by Gasteiger charge is -2.34. The van der Waals surface area contributed by atoms with Gasteiger partial charge in [0.25, 0.3) is 0 Å². The molecule has 1 aliphatic heterocycles. The minimum Gasteiger partial charge on any atom is -0.383 e. The van der Waals surface area contributed by atoms with E-state index in [9.17, 15) is 18.0 Å². The summed E-state index contributed by atoms with van der Waals surface area (Å²) < 4.78 is 41.6. The van der Waals surface area contributed by atoms with Crippen molar-refractivity contribution in [3.8, 4) is 17.9 Å². The van der Waals surface area contributed by atoms with Crippen LogP contribution < -0.4 is 16.4 Å². The van der Waals surface area contributed by atoms with Crippen LogP contribution in [0, 0.1) is 23.2 Å². The Hall–Kier alpha value is -4.65. The number of likely N-dealkylation sites (N-methyl/N-ethyl adjacent to an activating group) is 1. The normalized spacial score (nSPS) is 14.1. The Morgan fingerprint density at radius 2 is 1.75 bits per heavy atom. The number of nitrogen functional groups attached to an aromatic ring is 1. The van der Waals surface area contributed by atoms with Crippen LogP contribution in [0.1, 0.15) is 34.7 Å². The van der Waals surface area contributed by atoms with E-state index >= 15 is 0 Å². The number of anilines is 3. The summed E-state index contributed by atoms with van der Waals surface area (Å²) in [6.07, 6.45) is -1.71. The molecule has 3 aromatic rings. The van der Waals surface area contributed by atoms with Crippen molar-refractivity contribution in [3.63, 3.8) is 0 Å². The summed E-state index contributed by atoms with van der Waals surface area (Å²) in [4.78, 5) is 24.8. The number of carbonyl (C=O) groups is 1. The van der Waals surface area contributed by atoms with Crippen LogP contribution in [0.2, 0.25) is 0 Å². The second-order valence-corrected chi connectivity index (χ2v) is 9.11. The highest BCUT2D eigenvalue weighted by molar-refractivity contribution is 5.99. The smallest absolute Gasteiger partial charge is 0.383 e. The van der Waals surface area contributed by atoms with Gasteiger partial charge in [0.2, 0.25) is 0 Å². The molecule has 12 heteroatoms. The fourth-order valence-electron chi connectivity index (χ4n) is 4.19. The Balaban J connectivity index is 1.42. The number of aromatic nitrogens is 2. The second-order valence-electron chi connectivity index (χ2n) is 9.11. The standard InChI is InChI=1S/C28H27F3N8O/c1-2-38-9-11-39(12-10-38)18-21-5-6-23(15-24(21)28(29,30)31)36-27(40)37-25-14-19(7-8-34-25)3-4-20-13-22(16-32)26(33)35-17-20/h5-8,13-15,17H,2,9-12,18H2,1H3,(H2,33,35)(H2,34,36,37,40). The third kappa shape index (κ3) is 7.47. The third-order valence-corrected chi connectivity index (χ3v) is 6.37. The van der Waals surface area contributed by atoms with Gasteiger partial charge >= 0.3 is 12.2 Å². The van der Waals surface area contributed by atoms with Gasteiger partial charge in [0.1, 0.15) is 17.7 Å². The molecular weight excluding hydrogens is 521 g/mol. The molecule has 4 rings (SSSR count). The molecule has 0 radical (unpaired) electrons. The maximum Gasteiger partial charge on any atom is 0.416 e. The number of nitrogens with one attached hydrogen (secondary N) is 2. The van der Waals surface area contributed by atoms with E-state index in [1.54, 1.807) is 6.07 Å². The highest BCUT2D eigenvalue weighted by Crippen LogP contribution is 2.34. The van der Waals surface area contributed by atoms with Crippen molar-refractivity contribution in [2.75, 3.05) is 49.1 Å². The average Bonchev–Trinajstić information content (AvgIpc) is 2.93. The molecule has 1 aromatic carbocycles. The van der Waals surface area contributed by atoms with E-state index in [1.807, 2.05) is 11.0 Å². The van der Waals surface area contributed by atoms with E-state index in [0.29, 0.717) is 24.2 Å². The number of hydrogen-bond acceptors (Lipinski definition) is 7. The van der Waals surface area contributed by atoms with Crippen LogP contribution in [0.25, 0.3) is 0 Å². The van der Waals surface area contributed by atoms with Crippen LogP contribution in [0.3, 0.4) is 0 Å². The van der Waals surface area contributed by atoms with Crippen molar-refractivity contribution in [2.45, 2.75) is 19.6 Å². The number of amides is 2. The van der Waals surface area contributed by atoms with Crippen molar-refractivity contribution >= 4 is 23.4 Å². The summed E-state index contributed by atoms with van der Waals surface area (Å²) in [6, 6.07) is 9.62. The topological polar surface area (TPSA) is 123 Å². The van der Waals surface area contributed by atoms with Gasteiger partial charge in [-0.1, -0.05) is 24.8 Å². The number of nitriles is 1. The van der Waals surface area contributed by atoms with Gasteiger partial charge in [0.05, 0.1) is 11.1 Å². The molecule has 1 aliphatic rings. The number of urea groups is 1. The molecule has 0 saturated carbocycles.